The van der Waals surface area contributed by atoms with Gasteiger partial charge in [0, 0.05) is 34.1 Å². The number of amides is 1. The minimum atomic E-state index is -3.73. The predicted octanol–water partition coefficient (Wildman–Crippen LogP) is 4.86. The summed E-state index contributed by atoms with van der Waals surface area (Å²) in [6.07, 6.45) is 1.74. The summed E-state index contributed by atoms with van der Waals surface area (Å²) in [5, 5.41) is 5.63. The summed E-state index contributed by atoms with van der Waals surface area (Å²) < 4.78 is 27.5. The van der Waals surface area contributed by atoms with Gasteiger partial charge in [0.15, 0.2) is 0 Å². The molecule has 150 valence electrons. The van der Waals surface area contributed by atoms with Gasteiger partial charge in [0.25, 0.3) is 15.9 Å². The van der Waals surface area contributed by atoms with E-state index in [1.807, 2.05) is 17.5 Å². The summed E-state index contributed by atoms with van der Waals surface area (Å²) in [5.41, 5.74) is 2.26. The minimum absolute atomic E-state index is 0.153. The van der Waals surface area contributed by atoms with Crippen LogP contribution in [0.4, 0.5) is 11.4 Å². The van der Waals surface area contributed by atoms with Crippen LogP contribution in [0, 0.1) is 0 Å². The van der Waals surface area contributed by atoms with Crippen LogP contribution in [0.3, 0.4) is 0 Å². The van der Waals surface area contributed by atoms with Crippen molar-refractivity contribution in [3.8, 4) is 10.6 Å². The van der Waals surface area contributed by atoms with Crippen LogP contribution in [-0.4, -0.2) is 19.3 Å². The Balaban J connectivity index is 1.47. The molecule has 0 aliphatic carbocycles. The number of carbonyl (C=O) groups excluding carboxylic acids is 1. The number of carbonyl (C=O) groups is 1. The van der Waals surface area contributed by atoms with Crippen LogP contribution in [0.15, 0.2) is 95.3 Å². The highest BCUT2D eigenvalue weighted by Gasteiger charge is 2.15. The van der Waals surface area contributed by atoms with E-state index in [4.69, 9.17) is 0 Å². The first-order chi connectivity index (χ1) is 14.5. The monoisotopic (exact) mass is 435 g/mol. The molecule has 30 heavy (non-hydrogen) atoms. The molecule has 0 unspecified atom stereocenters. The van der Waals surface area contributed by atoms with Crippen LogP contribution in [0.25, 0.3) is 10.6 Å². The summed E-state index contributed by atoms with van der Waals surface area (Å²) in [7, 11) is -3.73. The maximum atomic E-state index is 12.6. The van der Waals surface area contributed by atoms with E-state index in [1.165, 1.54) is 18.2 Å². The van der Waals surface area contributed by atoms with Crippen molar-refractivity contribution < 1.29 is 13.2 Å². The van der Waals surface area contributed by atoms with Gasteiger partial charge in [0.05, 0.1) is 4.90 Å². The molecule has 2 N–H and O–H groups in total. The normalized spacial score (nSPS) is 11.1. The van der Waals surface area contributed by atoms with Crippen LogP contribution in [0.5, 0.6) is 0 Å². The van der Waals surface area contributed by atoms with Crippen LogP contribution in [0.1, 0.15) is 10.4 Å². The molecule has 0 bridgehead atoms. The fourth-order valence-corrected chi connectivity index (χ4v) is 4.52. The zero-order valence-corrected chi connectivity index (χ0v) is 17.3. The van der Waals surface area contributed by atoms with Gasteiger partial charge in [-0.1, -0.05) is 24.3 Å². The Bertz CT molecular complexity index is 1250. The fraction of sp³-hybridized carbons (Fsp3) is 0. The predicted molar refractivity (Wildman–Crippen MR) is 119 cm³/mol. The number of hydrogen-bond acceptors (Lipinski definition) is 5. The van der Waals surface area contributed by atoms with Gasteiger partial charge in [-0.15, -0.1) is 11.3 Å². The number of rotatable bonds is 6. The summed E-state index contributed by atoms with van der Waals surface area (Å²) in [6, 6.07) is 21.8. The van der Waals surface area contributed by atoms with Crippen molar-refractivity contribution >= 4 is 38.6 Å². The number of sulfonamides is 1. The highest BCUT2D eigenvalue weighted by atomic mass is 32.2. The Kier molecular flexibility index (Phi) is 5.60. The molecule has 1 heterocycles. The first-order valence-corrected chi connectivity index (χ1v) is 11.4. The SMILES string of the molecule is O=C(Nc1ccc(-c2nccs2)cc1)c1cccc(NS(=O)(=O)c2ccccc2)c1. The van der Waals surface area contributed by atoms with Gasteiger partial charge in [-0.25, -0.2) is 13.4 Å². The molecule has 0 saturated carbocycles. The molecule has 0 aliphatic rings. The summed E-state index contributed by atoms with van der Waals surface area (Å²) in [6.45, 7) is 0. The van der Waals surface area contributed by atoms with Gasteiger partial charge < -0.3 is 5.32 Å². The van der Waals surface area contributed by atoms with Crippen molar-refractivity contribution in [3.05, 3.63) is 96.0 Å². The Labute approximate surface area is 178 Å². The van der Waals surface area contributed by atoms with E-state index in [0.29, 0.717) is 16.9 Å². The van der Waals surface area contributed by atoms with Crippen molar-refractivity contribution in [1.82, 2.24) is 4.98 Å². The highest BCUT2D eigenvalue weighted by molar-refractivity contribution is 7.92. The zero-order valence-electron chi connectivity index (χ0n) is 15.6. The molecule has 1 amide bonds. The lowest BCUT2D eigenvalue weighted by Gasteiger charge is -2.10. The summed E-state index contributed by atoms with van der Waals surface area (Å²) in [4.78, 5) is 17.0. The second-order valence-electron chi connectivity index (χ2n) is 6.37. The first kappa shape index (κ1) is 19.8. The lowest BCUT2D eigenvalue weighted by atomic mass is 10.1. The van der Waals surface area contributed by atoms with Gasteiger partial charge in [0.1, 0.15) is 5.01 Å². The Morgan fingerprint density at radius 1 is 0.867 bits per heavy atom. The summed E-state index contributed by atoms with van der Waals surface area (Å²) in [5.74, 6) is -0.335. The molecule has 6 nitrogen and oxygen atoms in total. The zero-order chi connectivity index (χ0) is 21.0. The van der Waals surface area contributed by atoms with E-state index in [9.17, 15) is 13.2 Å². The van der Waals surface area contributed by atoms with Crippen molar-refractivity contribution in [2.75, 3.05) is 10.0 Å². The molecule has 0 atom stereocenters. The minimum Gasteiger partial charge on any atom is -0.322 e. The van der Waals surface area contributed by atoms with E-state index in [-0.39, 0.29) is 10.8 Å². The van der Waals surface area contributed by atoms with Crippen molar-refractivity contribution in [2.24, 2.45) is 0 Å². The number of nitrogens with zero attached hydrogens (tertiary/aromatic N) is 1. The third-order valence-electron chi connectivity index (χ3n) is 4.25. The topological polar surface area (TPSA) is 88.2 Å². The van der Waals surface area contributed by atoms with Gasteiger partial charge >= 0.3 is 0 Å². The molecular formula is C22H17N3O3S2. The average Bonchev–Trinajstić information content (AvgIpc) is 3.30. The maximum absolute atomic E-state index is 12.6. The largest absolute Gasteiger partial charge is 0.322 e. The van der Waals surface area contributed by atoms with Gasteiger partial charge in [0.2, 0.25) is 0 Å². The first-order valence-electron chi connectivity index (χ1n) is 9.00. The van der Waals surface area contributed by atoms with Crippen LogP contribution in [0.2, 0.25) is 0 Å². The van der Waals surface area contributed by atoms with Crippen molar-refractivity contribution in [1.29, 1.82) is 0 Å². The van der Waals surface area contributed by atoms with Crippen LogP contribution >= 0.6 is 11.3 Å². The molecule has 8 heteroatoms. The lowest BCUT2D eigenvalue weighted by molar-refractivity contribution is 0.102. The average molecular weight is 436 g/mol. The number of aromatic nitrogens is 1. The number of nitrogens with one attached hydrogen (secondary N) is 2. The van der Waals surface area contributed by atoms with Crippen molar-refractivity contribution in [3.63, 3.8) is 0 Å². The molecule has 0 saturated heterocycles. The Morgan fingerprint density at radius 2 is 1.63 bits per heavy atom. The maximum Gasteiger partial charge on any atom is 0.261 e. The molecule has 0 spiro atoms. The Hall–Kier alpha value is -3.49. The third kappa shape index (κ3) is 4.56. The molecule has 1 aromatic heterocycles. The smallest absolute Gasteiger partial charge is 0.261 e. The Morgan fingerprint density at radius 3 is 2.33 bits per heavy atom. The van der Waals surface area contributed by atoms with E-state index in [1.54, 1.807) is 66.1 Å². The highest BCUT2D eigenvalue weighted by Crippen LogP contribution is 2.24. The molecule has 4 rings (SSSR count). The second-order valence-corrected chi connectivity index (χ2v) is 8.95. The molecule has 4 aromatic rings. The van der Waals surface area contributed by atoms with Gasteiger partial charge in [-0.2, -0.15) is 0 Å². The lowest BCUT2D eigenvalue weighted by Crippen LogP contribution is -2.15. The van der Waals surface area contributed by atoms with E-state index >= 15 is 0 Å². The van der Waals surface area contributed by atoms with Crippen molar-refractivity contribution in [2.45, 2.75) is 4.90 Å². The number of hydrogen-bond donors (Lipinski definition) is 2. The second kappa shape index (κ2) is 8.48. The van der Waals surface area contributed by atoms with E-state index in [2.05, 4.69) is 15.0 Å². The van der Waals surface area contributed by atoms with E-state index in [0.717, 1.165) is 10.6 Å². The van der Waals surface area contributed by atoms with Gasteiger partial charge in [-0.3, -0.25) is 9.52 Å². The summed E-state index contributed by atoms with van der Waals surface area (Å²) >= 11 is 1.54. The quantitative estimate of drug-likeness (QED) is 0.453. The van der Waals surface area contributed by atoms with E-state index < -0.39 is 10.0 Å². The number of benzene rings is 3. The molecule has 3 aromatic carbocycles. The molecule has 0 fully saturated rings. The molecule has 0 aliphatic heterocycles. The van der Waals surface area contributed by atoms with Crippen LogP contribution in [-0.2, 0) is 10.0 Å². The number of anilines is 2. The standard InChI is InChI=1S/C22H17N3O3S2/c26-21(24-18-11-9-16(10-12-18)22-23-13-14-29-22)17-5-4-6-19(15-17)25-30(27,28)20-7-2-1-3-8-20/h1-15,25H,(H,24,26). The molecular weight excluding hydrogens is 418 g/mol. The number of thiazole rings is 1. The fourth-order valence-electron chi connectivity index (χ4n) is 2.80. The third-order valence-corrected chi connectivity index (χ3v) is 6.47. The molecule has 0 radical (unpaired) electrons. The van der Waals surface area contributed by atoms with Crippen LogP contribution < -0.4 is 10.0 Å². The van der Waals surface area contributed by atoms with Gasteiger partial charge in [-0.05, 0) is 54.6 Å².